The Labute approximate surface area is 285 Å². The molecule has 3 nitrogen and oxygen atoms in total. The Morgan fingerprint density at radius 1 is 0.551 bits per heavy atom. The van der Waals surface area contributed by atoms with Gasteiger partial charge in [0.1, 0.15) is 11.5 Å². The van der Waals surface area contributed by atoms with Gasteiger partial charge in [0, 0.05) is 44.2 Å². The Hall–Kier alpha value is -6.32. The summed E-state index contributed by atoms with van der Waals surface area (Å²) in [5, 5.41) is 4.88. The van der Waals surface area contributed by atoms with Crippen LogP contribution in [0.2, 0.25) is 0 Å². The number of nitrogens with zero attached hydrogens (tertiary/aromatic N) is 2. The lowest BCUT2D eigenvalue weighted by Gasteiger charge is -2.34. The first kappa shape index (κ1) is 27.8. The lowest BCUT2D eigenvalue weighted by Crippen LogP contribution is -2.30. The molecule has 0 spiro atoms. The highest BCUT2D eigenvalue weighted by Crippen LogP contribution is 2.49. The zero-order chi connectivity index (χ0) is 32.3. The van der Waals surface area contributed by atoms with Crippen LogP contribution in [-0.2, 0) is 0 Å². The number of ether oxygens (including phenoxy) is 1. The third-order valence-electron chi connectivity index (χ3n) is 10.1. The lowest BCUT2D eigenvalue weighted by molar-refractivity contribution is 0.487. The van der Waals surface area contributed by atoms with Crippen molar-refractivity contribution in [2.75, 3.05) is 4.90 Å². The predicted octanol–water partition coefficient (Wildman–Crippen LogP) is 12.4. The molecule has 0 bridgehead atoms. The number of aromatic nitrogens is 1. The van der Waals surface area contributed by atoms with E-state index >= 15 is 0 Å². The maximum Gasteiger partial charge on any atom is 0.135 e. The highest BCUT2D eigenvalue weighted by Gasteiger charge is 2.26. The van der Waals surface area contributed by atoms with Gasteiger partial charge in [-0.3, -0.25) is 0 Å². The third-order valence-corrected chi connectivity index (χ3v) is 10.1. The van der Waals surface area contributed by atoms with Crippen LogP contribution < -0.4 is 9.64 Å². The van der Waals surface area contributed by atoms with Gasteiger partial charge in [-0.05, 0) is 83.8 Å². The Bertz CT molecular complexity index is 2610. The summed E-state index contributed by atoms with van der Waals surface area (Å²) in [6.07, 6.45) is 9.82. The van der Waals surface area contributed by atoms with E-state index in [0.29, 0.717) is 0 Å². The number of hydrogen-bond acceptors (Lipinski definition) is 2. The topological polar surface area (TPSA) is 17.4 Å². The third kappa shape index (κ3) is 4.43. The van der Waals surface area contributed by atoms with Gasteiger partial charge in [0.25, 0.3) is 0 Å². The average Bonchev–Trinajstić information content (AvgIpc) is 3.50. The molecule has 0 N–H and O–H groups in total. The zero-order valence-electron chi connectivity index (χ0n) is 26.8. The molecule has 0 saturated heterocycles. The van der Waals surface area contributed by atoms with Crippen LogP contribution in [0.3, 0.4) is 0 Å². The first-order valence-electron chi connectivity index (χ1n) is 17.0. The van der Waals surface area contributed by atoms with Crippen LogP contribution in [0, 0.1) is 0 Å². The summed E-state index contributed by atoms with van der Waals surface area (Å²) >= 11 is 0. The number of hydrogen-bond donors (Lipinski definition) is 0. The summed E-state index contributed by atoms with van der Waals surface area (Å²) in [4.78, 5) is 2.49. The number of para-hydroxylation sites is 3. The first-order valence-corrected chi connectivity index (χ1v) is 17.0. The molecule has 1 unspecified atom stereocenters. The second-order valence-electron chi connectivity index (χ2n) is 12.9. The molecule has 1 atom stereocenters. The van der Waals surface area contributed by atoms with E-state index in [1.807, 2.05) is 6.07 Å². The summed E-state index contributed by atoms with van der Waals surface area (Å²) in [6, 6.07) is 54.8. The molecule has 7 aromatic carbocycles. The van der Waals surface area contributed by atoms with Gasteiger partial charge in [-0.2, -0.15) is 0 Å². The Morgan fingerprint density at radius 3 is 2.18 bits per heavy atom. The van der Waals surface area contributed by atoms with E-state index in [1.165, 1.54) is 60.6 Å². The van der Waals surface area contributed by atoms with E-state index in [2.05, 4.69) is 179 Å². The fraction of sp³-hybridized carbons (Fsp3) is 0.0435. The molecule has 0 amide bonds. The molecular formula is C46H32N2O. The summed E-state index contributed by atoms with van der Waals surface area (Å²) < 4.78 is 8.81. The number of allylic oxidation sites excluding steroid dienone is 2. The van der Waals surface area contributed by atoms with Crippen molar-refractivity contribution in [3.63, 3.8) is 0 Å². The largest absolute Gasteiger partial charge is 0.456 e. The highest BCUT2D eigenvalue weighted by atomic mass is 16.5. The second-order valence-corrected chi connectivity index (χ2v) is 12.9. The van der Waals surface area contributed by atoms with Crippen LogP contribution in [0.1, 0.15) is 6.42 Å². The smallest absolute Gasteiger partial charge is 0.135 e. The van der Waals surface area contributed by atoms with Gasteiger partial charge in [-0.25, -0.2) is 0 Å². The number of benzene rings is 7. The van der Waals surface area contributed by atoms with Crippen molar-refractivity contribution in [2.45, 2.75) is 12.5 Å². The molecule has 0 fully saturated rings. The van der Waals surface area contributed by atoms with E-state index in [9.17, 15) is 0 Å². The van der Waals surface area contributed by atoms with Gasteiger partial charge in [0.2, 0.25) is 0 Å². The van der Waals surface area contributed by atoms with Crippen molar-refractivity contribution >= 4 is 44.0 Å². The Kier molecular flexibility index (Phi) is 6.31. The van der Waals surface area contributed by atoms with Crippen molar-refractivity contribution in [1.82, 2.24) is 4.57 Å². The molecule has 49 heavy (non-hydrogen) atoms. The Morgan fingerprint density at radius 2 is 1.31 bits per heavy atom. The minimum absolute atomic E-state index is 0.185. The van der Waals surface area contributed by atoms with Gasteiger partial charge in [0.15, 0.2) is 0 Å². The number of rotatable bonds is 5. The predicted molar refractivity (Wildman–Crippen MR) is 204 cm³/mol. The van der Waals surface area contributed by atoms with Crippen LogP contribution in [0.4, 0.5) is 11.4 Å². The Balaban J connectivity index is 1.08. The zero-order valence-corrected chi connectivity index (χ0v) is 26.8. The maximum atomic E-state index is 6.44. The normalized spacial score (nSPS) is 14.7. The quantitative estimate of drug-likeness (QED) is 0.189. The standard InChI is InChI=1S/C46H32N2O/c1-3-12-33(13-4-1)47(42-29-27-38-37-17-8-10-20-44(37)49-45-21-11-18-39(42)46(38)45)35-25-22-31(23-26-35)32-24-28-43-40(30-32)36-16-7-9-19-41(36)48(43)34-14-5-2-6-15-34/h1-12,14-30,33H,13H2. The molecule has 2 heterocycles. The molecular weight excluding hydrogens is 597 g/mol. The summed E-state index contributed by atoms with van der Waals surface area (Å²) in [5.41, 5.74) is 10.7. The van der Waals surface area contributed by atoms with Gasteiger partial charge in [-0.15, -0.1) is 0 Å². The van der Waals surface area contributed by atoms with Crippen molar-refractivity contribution in [3.8, 4) is 39.4 Å². The van der Waals surface area contributed by atoms with E-state index in [-0.39, 0.29) is 6.04 Å². The van der Waals surface area contributed by atoms with Crippen molar-refractivity contribution in [2.24, 2.45) is 0 Å². The second kappa shape index (κ2) is 11.1. The lowest BCUT2D eigenvalue weighted by atomic mass is 9.92. The van der Waals surface area contributed by atoms with Crippen LogP contribution in [0.5, 0.6) is 11.5 Å². The van der Waals surface area contributed by atoms with E-state index in [1.54, 1.807) is 0 Å². The van der Waals surface area contributed by atoms with Crippen molar-refractivity contribution in [1.29, 1.82) is 0 Å². The molecule has 0 saturated carbocycles. The van der Waals surface area contributed by atoms with E-state index in [4.69, 9.17) is 4.74 Å². The van der Waals surface area contributed by atoms with Crippen molar-refractivity contribution in [3.05, 3.63) is 176 Å². The van der Waals surface area contributed by atoms with Gasteiger partial charge >= 0.3 is 0 Å². The molecule has 2 aliphatic rings. The molecule has 3 heteroatoms. The fourth-order valence-corrected chi connectivity index (χ4v) is 7.86. The first-order chi connectivity index (χ1) is 24.3. The van der Waals surface area contributed by atoms with Crippen LogP contribution in [-0.4, -0.2) is 10.6 Å². The summed E-state index contributed by atoms with van der Waals surface area (Å²) in [6.45, 7) is 0. The monoisotopic (exact) mass is 628 g/mol. The molecule has 1 aromatic heterocycles. The highest BCUT2D eigenvalue weighted by molar-refractivity contribution is 6.11. The average molecular weight is 629 g/mol. The minimum Gasteiger partial charge on any atom is -0.456 e. The van der Waals surface area contributed by atoms with Gasteiger partial charge < -0.3 is 14.2 Å². The summed E-state index contributed by atoms with van der Waals surface area (Å²) in [5.74, 6) is 1.82. The molecule has 1 aliphatic carbocycles. The van der Waals surface area contributed by atoms with Crippen molar-refractivity contribution < 1.29 is 4.74 Å². The maximum absolute atomic E-state index is 6.44. The van der Waals surface area contributed by atoms with Gasteiger partial charge in [-0.1, -0.05) is 115 Å². The molecule has 8 aromatic rings. The van der Waals surface area contributed by atoms with Crippen LogP contribution >= 0.6 is 0 Å². The number of anilines is 2. The molecule has 0 radical (unpaired) electrons. The summed E-state index contributed by atoms with van der Waals surface area (Å²) in [7, 11) is 0. The van der Waals surface area contributed by atoms with Gasteiger partial charge in [0.05, 0.1) is 17.1 Å². The van der Waals surface area contributed by atoms with E-state index in [0.717, 1.165) is 29.2 Å². The number of fused-ring (bicyclic) bond motifs is 5. The van der Waals surface area contributed by atoms with Crippen LogP contribution in [0.15, 0.2) is 176 Å². The molecule has 232 valence electrons. The molecule has 10 rings (SSSR count). The molecule has 1 aliphatic heterocycles. The van der Waals surface area contributed by atoms with Crippen LogP contribution in [0.25, 0.3) is 60.5 Å². The SMILES string of the molecule is C1=CCC(N(c2ccc(-c3ccc4c(c3)c3ccccc3n4-c3ccccc3)cc2)c2ccc3c4c(cccc24)Oc2ccccc2-3)C=C1. The minimum atomic E-state index is 0.185. The fourth-order valence-electron chi connectivity index (χ4n) is 7.86. The van der Waals surface area contributed by atoms with E-state index < -0.39 is 0 Å².